The Morgan fingerprint density at radius 3 is 2.05 bits per heavy atom. The minimum Gasteiger partial charge on any atom is -0.357 e. The number of hydrogen-bond acceptors (Lipinski definition) is 4. The molecular weight excluding hydrogens is 498 g/mol. The van der Waals surface area contributed by atoms with E-state index in [2.05, 4.69) is 19.2 Å². The topological polar surface area (TPSA) is 86.8 Å². The van der Waals surface area contributed by atoms with Crippen molar-refractivity contribution < 1.29 is 18.0 Å². The van der Waals surface area contributed by atoms with Crippen LogP contribution in [0, 0.1) is 6.92 Å². The summed E-state index contributed by atoms with van der Waals surface area (Å²) in [6.45, 7) is 5.81. The summed E-state index contributed by atoms with van der Waals surface area (Å²) in [5.41, 5.74) is 4.23. The van der Waals surface area contributed by atoms with Gasteiger partial charge >= 0.3 is 0 Å². The average molecular weight is 536 g/mol. The van der Waals surface area contributed by atoms with E-state index >= 15 is 0 Å². The first-order chi connectivity index (χ1) is 18.0. The second kappa shape index (κ2) is 12.7. The van der Waals surface area contributed by atoms with Gasteiger partial charge in [0.25, 0.3) is 0 Å². The van der Waals surface area contributed by atoms with Crippen molar-refractivity contribution in [2.24, 2.45) is 0 Å². The third-order valence-corrected chi connectivity index (χ3v) is 7.79. The molecule has 38 heavy (non-hydrogen) atoms. The van der Waals surface area contributed by atoms with E-state index in [-0.39, 0.29) is 18.4 Å². The molecule has 0 unspecified atom stereocenters. The number of anilines is 1. The van der Waals surface area contributed by atoms with E-state index in [1.165, 1.54) is 11.9 Å². The molecule has 0 saturated heterocycles. The van der Waals surface area contributed by atoms with Crippen LogP contribution in [0.25, 0.3) is 0 Å². The molecule has 3 aromatic carbocycles. The molecule has 7 nitrogen and oxygen atoms in total. The molecule has 8 heteroatoms. The first-order valence-corrected chi connectivity index (χ1v) is 14.5. The normalized spacial score (nSPS) is 12.2. The third-order valence-electron chi connectivity index (χ3n) is 6.65. The van der Waals surface area contributed by atoms with Crippen molar-refractivity contribution in [3.63, 3.8) is 0 Å². The highest BCUT2D eigenvalue weighted by atomic mass is 32.2. The number of aryl methyl sites for hydroxylation is 1. The number of sulfonamides is 1. The minimum absolute atomic E-state index is 0.167. The van der Waals surface area contributed by atoms with Crippen molar-refractivity contribution >= 4 is 27.5 Å². The number of benzene rings is 3. The van der Waals surface area contributed by atoms with Crippen molar-refractivity contribution in [1.29, 1.82) is 0 Å². The Morgan fingerprint density at radius 1 is 0.895 bits per heavy atom. The quantitative estimate of drug-likeness (QED) is 0.397. The van der Waals surface area contributed by atoms with Crippen LogP contribution in [0.1, 0.15) is 42.0 Å². The number of carbonyl (C=O) groups excluding carboxylic acids is 2. The molecule has 0 fully saturated rings. The maximum atomic E-state index is 14.0. The Balaban J connectivity index is 2.02. The smallest absolute Gasteiger partial charge is 0.244 e. The summed E-state index contributed by atoms with van der Waals surface area (Å²) >= 11 is 0. The third kappa shape index (κ3) is 7.44. The lowest BCUT2D eigenvalue weighted by atomic mass is 10.0. The van der Waals surface area contributed by atoms with Gasteiger partial charge in [0.2, 0.25) is 21.8 Å². The zero-order valence-corrected chi connectivity index (χ0v) is 23.5. The highest BCUT2D eigenvalue weighted by Crippen LogP contribution is 2.23. The number of hydrogen-bond donors (Lipinski definition) is 1. The summed E-state index contributed by atoms with van der Waals surface area (Å²) in [6, 6.07) is 23.5. The molecule has 0 saturated carbocycles. The van der Waals surface area contributed by atoms with Crippen molar-refractivity contribution in [2.75, 3.05) is 24.2 Å². The second-order valence-corrected chi connectivity index (χ2v) is 11.7. The zero-order chi connectivity index (χ0) is 27.9. The Bertz CT molecular complexity index is 1340. The molecule has 2 amide bonds. The van der Waals surface area contributed by atoms with E-state index in [1.807, 2.05) is 73.7 Å². The molecular formula is C30H37N3O4S. The molecule has 0 heterocycles. The van der Waals surface area contributed by atoms with Gasteiger partial charge in [0.1, 0.15) is 12.6 Å². The summed E-state index contributed by atoms with van der Waals surface area (Å²) in [7, 11) is -2.25. The fraction of sp³-hybridized carbons (Fsp3) is 0.333. The van der Waals surface area contributed by atoms with Gasteiger partial charge in [0.15, 0.2) is 0 Å². The number of amides is 2. The molecule has 0 radical (unpaired) electrons. The van der Waals surface area contributed by atoms with Crippen LogP contribution in [-0.2, 0) is 32.6 Å². The summed E-state index contributed by atoms with van der Waals surface area (Å²) in [5.74, 6) is -0.493. The Kier molecular flexibility index (Phi) is 9.69. The number of likely N-dealkylation sites (N-methyl/N-ethyl adjacent to an activating group) is 1. The van der Waals surface area contributed by atoms with Crippen LogP contribution < -0.4 is 9.62 Å². The molecule has 3 aromatic rings. The van der Waals surface area contributed by atoms with Crippen molar-refractivity contribution in [3.8, 4) is 0 Å². The zero-order valence-electron chi connectivity index (χ0n) is 22.7. The fourth-order valence-electron chi connectivity index (χ4n) is 4.33. The molecule has 0 bridgehead atoms. The largest absolute Gasteiger partial charge is 0.357 e. The van der Waals surface area contributed by atoms with Gasteiger partial charge in [-0.25, -0.2) is 8.42 Å². The highest BCUT2D eigenvalue weighted by molar-refractivity contribution is 7.92. The summed E-state index contributed by atoms with van der Waals surface area (Å²) < 4.78 is 26.8. The van der Waals surface area contributed by atoms with E-state index in [9.17, 15) is 18.0 Å². The van der Waals surface area contributed by atoms with E-state index in [4.69, 9.17) is 0 Å². The predicted molar refractivity (Wildman–Crippen MR) is 152 cm³/mol. The lowest BCUT2D eigenvalue weighted by molar-refractivity contribution is -0.139. The Hall–Kier alpha value is -3.65. The summed E-state index contributed by atoms with van der Waals surface area (Å²) in [6.07, 6.45) is 1.38. The van der Waals surface area contributed by atoms with Crippen LogP contribution in [0.2, 0.25) is 0 Å². The molecule has 202 valence electrons. The molecule has 0 aliphatic carbocycles. The second-order valence-electron chi connectivity index (χ2n) is 9.78. The number of rotatable bonds is 11. The van der Waals surface area contributed by atoms with Crippen molar-refractivity contribution in [2.45, 2.75) is 45.7 Å². The number of nitrogens with one attached hydrogen (secondary N) is 1. The Morgan fingerprint density at radius 2 is 1.50 bits per heavy atom. The molecule has 1 atom stereocenters. The van der Waals surface area contributed by atoms with E-state index in [1.54, 1.807) is 12.1 Å². The first-order valence-electron chi connectivity index (χ1n) is 12.7. The predicted octanol–water partition coefficient (Wildman–Crippen LogP) is 4.27. The maximum absolute atomic E-state index is 14.0. The minimum atomic E-state index is -3.79. The van der Waals surface area contributed by atoms with Crippen LogP contribution >= 0.6 is 0 Å². The molecule has 0 aliphatic heterocycles. The molecule has 0 aliphatic rings. The lowest BCUT2D eigenvalue weighted by Crippen LogP contribution is -2.53. The molecule has 0 aromatic heterocycles. The monoisotopic (exact) mass is 535 g/mol. The summed E-state index contributed by atoms with van der Waals surface area (Å²) in [5, 5.41) is 2.69. The van der Waals surface area contributed by atoms with Gasteiger partial charge in [-0.1, -0.05) is 80.6 Å². The van der Waals surface area contributed by atoms with Gasteiger partial charge in [-0.05, 0) is 47.2 Å². The van der Waals surface area contributed by atoms with Gasteiger partial charge in [0, 0.05) is 20.0 Å². The van der Waals surface area contributed by atoms with Gasteiger partial charge in [-0.3, -0.25) is 13.9 Å². The SMILES string of the molecule is CNC(=O)[C@H](Cc1ccccc1)N(Cc1ccccc1C)C(=O)CN(c1ccc(C(C)C)cc1)S(C)(=O)=O. The first kappa shape index (κ1) is 28.9. The van der Waals surface area contributed by atoms with Crippen molar-refractivity contribution in [3.05, 3.63) is 101 Å². The van der Waals surface area contributed by atoms with Gasteiger partial charge in [-0.15, -0.1) is 0 Å². The van der Waals surface area contributed by atoms with Crippen LogP contribution in [0.5, 0.6) is 0 Å². The average Bonchev–Trinajstić information content (AvgIpc) is 2.89. The maximum Gasteiger partial charge on any atom is 0.244 e. The molecule has 3 rings (SSSR count). The van der Waals surface area contributed by atoms with E-state index in [0.29, 0.717) is 12.1 Å². The van der Waals surface area contributed by atoms with E-state index in [0.717, 1.165) is 32.8 Å². The summed E-state index contributed by atoms with van der Waals surface area (Å²) in [4.78, 5) is 28.6. The molecule has 0 spiro atoms. The van der Waals surface area contributed by atoms with E-state index < -0.39 is 28.5 Å². The van der Waals surface area contributed by atoms with Crippen LogP contribution in [-0.4, -0.2) is 51.0 Å². The lowest BCUT2D eigenvalue weighted by Gasteiger charge is -2.33. The van der Waals surface area contributed by atoms with Crippen LogP contribution in [0.15, 0.2) is 78.9 Å². The van der Waals surface area contributed by atoms with Gasteiger partial charge < -0.3 is 10.2 Å². The van der Waals surface area contributed by atoms with Gasteiger partial charge in [0.05, 0.1) is 11.9 Å². The molecule has 1 N–H and O–H groups in total. The number of nitrogens with zero attached hydrogens (tertiary/aromatic N) is 2. The Labute approximate surface area is 226 Å². The highest BCUT2D eigenvalue weighted by Gasteiger charge is 2.32. The van der Waals surface area contributed by atoms with Gasteiger partial charge in [-0.2, -0.15) is 0 Å². The van der Waals surface area contributed by atoms with Crippen molar-refractivity contribution in [1.82, 2.24) is 10.2 Å². The van der Waals surface area contributed by atoms with Crippen LogP contribution in [0.4, 0.5) is 5.69 Å². The van der Waals surface area contributed by atoms with Crippen LogP contribution in [0.3, 0.4) is 0 Å². The standard InChI is InChI=1S/C30H37N3O4S/c1-22(2)25-15-17-27(18-16-25)33(38(5,36)37)21-29(34)32(20-26-14-10-9-11-23(26)3)28(30(35)31-4)19-24-12-7-6-8-13-24/h6-18,22,28H,19-21H2,1-5H3,(H,31,35)/t28-/m0/s1. The fourth-order valence-corrected chi connectivity index (χ4v) is 5.18. The number of carbonyl (C=O) groups is 2.